The molecule has 5 rings (SSSR count). The quantitative estimate of drug-likeness (QED) is 0.347. The molecule has 1 fully saturated rings. The molecule has 1 heterocycles. The van der Waals surface area contributed by atoms with Gasteiger partial charge in [0.25, 0.3) is 0 Å². The van der Waals surface area contributed by atoms with Gasteiger partial charge in [-0.25, -0.2) is 5.57 Å². The van der Waals surface area contributed by atoms with E-state index in [0.717, 1.165) is 5.54 Å². The van der Waals surface area contributed by atoms with Crippen LogP contribution in [0.5, 0.6) is 0 Å². The topological polar surface area (TPSA) is 0 Å². The molecule has 168 valence electrons. The number of hydrogen-bond donors (Lipinski definition) is 0. The molecule has 0 spiro atoms. The Morgan fingerprint density at radius 3 is 2.06 bits per heavy atom. The molecule has 2 aromatic carbocycles. The van der Waals surface area contributed by atoms with E-state index < -0.39 is 8.07 Å². The van der Waals surface area contributed by atoms with Gasteiger partial charge in [0.05, 0.1) is 8.07 Å². The molecule has 2 aromatic rings. The van der Waals surface area contributed by atoms with Crippen LogP contribution in [0.15, 0.2) is 59.2 Å². The third-order valence-electron chi connectivity index (χ3n) is 7.97. The maximum absolute atomic E-state index is 3.59. The van der Waals surface area contributed by atoms with Gasteiger partial charge in [-0.3, -0.25) is 6.08 Å². The summed E-state index contributed by atoms with van der Waals surface area (Å²) in [5.74, 6) is 0. The SMILES string of the molecule is CC1=[C-]C(C)(C)C(C)=C1C.CC[Si]1(C2c3[c-]cccc3-c3ccccc32)CCC1.[Cl-].[Cl-].[Hf+4]. The van der Waals surface area contributed by atoms with E-state index in [1.54, 1.807) is 5.56 Å². The van der Waals surface area contributed by atoms with Crippen LogP contribution in [0.25, 0.3) is 11.1 Å². The summed E-state index contributed by atoms with van der Waals surface area (Å²) in [4.78, 5) is 0. The molecule has 1 aliphatic heterocycles. The molecule has 0 saturated carbocycles. The van der Waals surface area contributed by atoms with Gasteiger partial charge in [-0.2, -0.15) is 35.4 Å². The third kappa shape index (κ3) is 4.99. The van der Waals surface area contributed by atoms with Crippen molar-refractivity contribution in [2.75, 3.05) is 0 Å². The number of allylic oxidation sites excluding steroid dienone is 4. The Balaban J connectivity index is 0.000000343. The van der Waals surface area contributed by atoms with E-state index in [0.29, 0.717) is 0 Å². The van der Waals surface area contributed by atoms with Crippen molar-refractivity contribution in [2.24, 2.45) is 5.41 Å². The molecule has 0 aromatic heterocycles. The fourth-order valence-corrected chi connectivity index (χ4v) is 10.3. The molecule has 0 radical (unpaired) electrons. The molecule has 1 unspecified atom stereocenters. The largest absolute Gasteiger partial charge is 4.00 e. The first-order chi connectivity index (χ1) is 13.8. The van der Waals surface area contributed by atoms with Crippen molar-refractivity contribution in [2.45, 2.75) is 71.6 Å². The van der Waals surface area contributed by atoms with Crippen LogP contribution < -0.4 is 24.8 Å². The Kier molecular flexibility index (Phi) is 10.5. The first-order valence-electron chi connectivity index (χ1n) is 11.2. The molecule has 32 heavy (non-hydrogen) atoms. The van der Waals surface area contributed by atoms with E-state index in [2.05, 4.69) is 96.1 Å². The predicted octanol–water partition coefficient (Wildman–Crippen LogP) is 2.13. The Morgan fingerprint density at radius 1 is 0.969 bits per heavy atom. The van der Waals surface area contributed by atoms with Crippen LogP contribution in [0.1, 0.15) is 64.6 Å². The first-order valence-corrected chi connectivity index (χ1v) is 13.9. The minimum absolute atomic E-state index is 0. The van der Waals surface area contributed by atoms with E-state index in [1.807, 2.05) is 0 Å². The Morgan fingerprint density at radius 2 is 1.59 bits per heavy atom. The van der Waals surface area contributed by atoms with Crippen LogP contribution in [-0.4, -0.2) is 8.07 Å². The van der Waals surface area contributed by atoms with Gasteiger partial charge in [0.1, 0.15) is 0 Å². The summed E-state index contributed by atoms with van der Waals surface area (Å²) in [7, 11) is -1.12. The Labute approximate surface area is 228 Å². The van der Waals surface area contributed by atoms with E-state index >= 15 is 0 Å². The standard InChI is InChI=1S/C18H19Si.C10H15.2ClH.Hf/c1-2-19(12-7-13-19)18-16-10-5-3-8-14(16)15-9-4-6-11-17(15)18;1-7-6-10(4,5)9(3)8(7)2;;;/h3-6,8-10,18H,2,7,12-13H2,1H3;1-5H3;2*1H;/q2*-1;;;+4/p-2. The normalized spacial score (nSPS) is 20.7. The van der Waals surface area contributed by atoms with Gasteiger partial charge in [0, 0.05) is 0 Å². The van der Waals surface area contributed by atoms with Crippen molar-refractivity contribution < 1.29 is 50.7 Å². The third-order valence-corrected chi connectivity index (χ3v) is 13.9. The summed E-state index contributed by atoms with van der Waals surface area (Å²) in [6.45, 7) is 13.3. The zero-order valence-corrected chi connectivity index (χ0v) is 26.3. The minimum atomic E-state index is -1.12. The summed E-state index contributed by atoms with van der Waals surface area (Å²) < 4.78 is 0. The van der Waals surface area contributed by atoms with Crippen molar-refractivity contribution >= 4 is 8.07 Å². The first kappa shape index (κ1) is 29.6. The van der Waals surface area contributed by atoms with Crippen molar-refractivity contribution in [3.63, 3.8) is 0 Å². The zero-order valence-electron chi connectivity index (χ0n) is 20.2. The van der Waals surface area contributed by atoms with E-state index in [1.165, 1.54) is 58.0 Å². The minimum Gasteiger partial charge on any atom is -1.00 e. The average molecular weight is 648 g/mol. The Hall–Kier alpha value is -0.413. The fourth-order valence-electron chi connectivity index (χ4n) is 5.59. The second-order valence-electron chi connectivity index (χ2n) is 9.71. The zero-order chi connectivity index (χ0) is 20.8. The monoisotopic (exact) mass is 648 g/mol. The molecule has 1 atom stereocenters. The summed E-state index contributed by atoms with van der Waals surface area (Å²) in [6.07, 6.45) is 4.89. The maximum atomic E-state index is 3.59. The van der Waals surface area contributed by atoms with Gasteiger partial charge in [0.2, 0.25) is 0 Å². The Bertz CT molecular complexity index is 951. The molecule has 0 amide bonds. The van der Waals surface area contributed by atoms with Crippen LogP contribution in [0, 0.1) is 17.6 Å². The van der Waals surface area contributed by atoms with Crippen LogP contribution in [-0.2, 0) is 25.8 Å². The number of fused-ring (bicyclic) bond motifs is 3. The van der Waals surface area contributed by atoms with E-state index in [-0.39, 0.29) is 56.1 Å². The molecule has 0 N–H and O–H groups in total. The summed E-state index contributed by atoms with van der Waals surface area (Å²) >= 11 is 0. The molecule has 0 bridgehead atoms. The molecule has 2 aliphatic carbocycles. The number of halogens is 2. The summed E-state index contributed by atoms with van der Waals surface area (Å²) in [5, 5.41) is 0. The summed E-state index contributed by atoms with van der Waals surface area (Å²) in [5.41, 5.74) is 11.2. The number of rotatable bonds is 2. The average Bonchev–Trinajstić information content (AvgIpc) is 3.10. The van der Waals surface area contributed by atoms with Gasteiger partial charge in [-0.15, -0.1) is 18.1 Å². The predicted molar refractivity (Wildman–Crippen MR) is 128 cm³/mol. The van der Waals surface area contributed by atoms with Crippen molar-refractivity contribution in [3.8, 4) is 11.1 Å². The van der Waals surface area contributed by atoms with Gasteiger partial charge in [0.15, 0.2) is 0 Å². The van der Waals surface area contributed by atoms with Crippen LogP contribution in [0.4, 0.5) is 0 Å². The fraction of sp³-hybridized carbons (Fsp3) is 0.429. The van der Waals surface area contributed by atoms with Crippen molar-refractivity contribution in [1.29, 1.82) is 0 Å². The molecule has 0 nitrogen and oxygen atoms in total. The van der Waals surface area contributed by atoms with Crippen LogP contribution in [0.3, 0.4) is 0 Å². The molecular weight excluding hydrogens is 614 g/mol. The van der Waals surface area contributed by atoms with E-state index in [9.17, 15) is 0 Å². The van der Waals surface area contributed by atoms with Gasteiger partial charge in [-0.1, -0.05) is 94.4 Å². The molecular formula is C28H34Cl2HfSi. The van der Waals surface area contributed by atoms with Gasteiger partial charge >= 0.3 is 25.8 Å². The van der Waals surface area contributed by atoms with Crippen LogP contribution in [0.2, 0.25) is 18.1 Å². The van der Waals surface area contributed by atoms with Gasteiger partial charge in [-0.05, 0) is 11.1 Å². The smallest absolute Gasteiger partial charge is 1.00 e. The van der Waals surface area contributed by atoms with E-state index in [4.69, 9.17) is 0 Å². The molecule has 3 aliphatic rings. The van der Waals surface area contributed by atoms with Gasteiger partial charge < -0.3 is 24.8 Å². The van der Waals surface area contributed by atoms with Crippen molar-refractivity contribution in [3.05, 3.63) is 82.5 Å². The second-order valence-corrected chi connectivity index (χ2v) is 14.7. The number of hydrogen-bond acceptors (Lipinski definition) is 0. The second kappa shape index (κ2) is 11.3. The number of benzene rings is 2. The maximum Gasteiger partial charge on any atom is 4.00 e. The van der Waals surface area contributed by atoms with Crippen LogP contribution >= 0.6 is 0 Å². The molecule has 1 saturated heterocycles. The summed E-state index contributed by atoms with van der Waals surface area (Å²) in [6, 6.07) is 23.7. The van der Waals surface area contributed by atoms with Crippen molar-refractivity contribution in [1.82, 2.24) is 0 Å². The molecule has 4 heteroatoms.